The van der Waals surface area contributed by atoms with Crippen LogP contribution < -0.4 is 5.48 Å². The molecular weight excluding hydrogens is 270 g/mol. The molecule has 0 bridgehead atoms. The Labute approximate surface area is 115 Å². The van der Waals surface area contributed by atoms with Gasteiger partial charge in [0.1, 0.15) is 6.26 Å². The molecule has 114 valence electrons. The molecule has 1 aliphatic rings. The third-order valence-corrected chi connectivity index (χ3v) is 2.07. The Kier molecular flexibility index (Phi) is 8.02. The molecule has 0 aromatic carbocycles. The second kappa shape index (κ2) is 8.94. The van der Waals surface area contributed by atoms with Crippen LogP contribution in [-0.4, -0.2) is 44.6 Å². The fraction of sp³-hybridized carbons (Fsp3) is 0.500. The van der Waals surface area contributed by atoms with Gasteiger partial charge in [-0.1, -0.05) is 13.8 Å². The predicted octanol–water partition coefficient (Wildman–Crippen LogP) is -0.158. The summed E-state index contributed by atoms with van der Waals surface area (Å²) in [6.45, 7) is 4.36. The molecule has 1 heterocycles. The van der Waals surface area contributed by atoms with E-state index in [1.54, 1.807) is 6.26 Å². The molecule has 20 heavy (non-hydrogen) atoms. The third-order valence-electron chi connectivity index (χ3n) is 2.07. The van der Waals surface area contributed by atoms with Crippen molar-refractivity contribution in [2.24, 2.45) is 5.92 Å². The van der Waals surface area contributed by atoms with Gasteiger partial charge in [-0.3, -0.25) is 0 Å². The molecule has 0 aromatic heterocycles. The number of carboxylic acid groups (broad SMARTS) is 2. The number of aliphatic hydroxyl groups excluding tert-OH is 2. The molecule has 0 fully saturated rings. The number of allylic oxidation sites excluding steroid dienone is 3. The molecule has 1 aliphatic heterocycles. The lowest BCUT2D eigenvalue weighted by Crippen LogP contribution is -2.39. The maximum atomic E-state index is 9.77. The zero-order chi connectivity index (χ0) is 15.7. The summed E-state index contributed by atoms with van der Waals surface area (Å²) in [6.07, 6.45) is 2.07. The predicted molar refractivity (Wildman–Crippen MR) is 68.2 cm³/mol. The molecule has 0 saturated carbocycles. The highest BCUT2D eigenvalue weighted by atomic mass is 16.6. The van der Waals surface area contributed by atoms with Gasteiger partial charge in [-0.15, -0.1) is 0 Å². The number of carbonyl (C=O) groups is 2. The van der Waals surface area contributed by atoms with E-state index >= 15 is 0 Å². The molecular formula is C12H19NO7. The van der Waals surface area contributed by atoms with Crippen molar-refractivity contribution in [1.82, 2.24) is 5.48 Å². The molecule has 0 saturated heterocycles. The van der Waals surface area contributed by atoms with Gasteiger partial charge in [-0.05, 0) is 24.5 Å². The first-order valence-electron chi connectivity index (χ1n) is 5.84. The van der Waals surface area contributed by atoms with Crippen molar-refractivity contribution in [2.45, 2.75) is 32.5 Å². The second-order valence-corrected chi connectivity index (χ2v) is 4.40. The molecule has 8 nitrogen and oxygen atoms in total. The van der Waals surface area contributed by atoms with Crippen LogP contribution in [-0.2, 0) is 14.4 Å². The first-order chi connectivity index (χ1) is 9.25. The van der Waals surface area contributed by atoms with Crippen molar-refractivity contribution in [3.8, 4) is 0 Å². The monoisotopic (exact) mass is 289 g/mol. The molecule has 2 unspecified atom stereocenters. The Balaban J connectivity index is 0.000000361. The minimum absolute atomic E-state index is 0.675. The number of nitrogens with one attached hydrogen (secondary N) is 1. The SMILES string of the molecule is CC(C)CC1=CC=CON1.O=C(O)C(O)C(O)C(=O)O. The zero-order valence-electron chi connectivity index (χ0n) is 11.2. The highest BCUT2D eigenvalue weighted by molar-refractivity contribution is 5.83. The Morgan fingerprint density at radius 1 is 1.20 bits per heavy atom. The lowest BCUT2D eigenvalue weighted by atomic mass is 10.1. The molecule has 0 spiro atoms. The molecule has 1 rings (SSSR count). The lowest BCUT2D eigenvalue weighted by Gasteiger charge is -2.13. The third kappa shape index (κ3) is 7.39. The summed E-state index contributed by atoms with van der Waals surface area (Å²) in [5.41, 5.74) is 3.98. The molecule has 8 heteroatoms. The topological polar surface area (TPSA) is 136 Å². The van der Waals surface area contributed by atoms with Crippen LogP contribution >= 0.6 is 0 Å². The minimum atomic E-state index is -2.27. The van der Waals surface area contributed by atoms with Gasteiger partial charge in [-0.2, -0.15) is 0 Å². The van der Waals surface area contributed by atoms with Crippen LogP contribution in [0.1, 0.15) is 20.3 Å². The number of rotatable bonds is 5. The number of carboxylic acids is 2. The number of aliphatic hydroxyl groups is 2. The van der Waals surface area contributed by atoms with E-state index in [2.05, 4.69) is 19.3 Å². The van der Waals surface area contributed by atoms with Crippen molar-refractivity contribution in [1.29, 1.82) is 0 Å². The summed E-state index contributed by atoms with van der Waals surface area (Å²) in [4.78, 5) is 24.4. The van der Waals surface area contributed by atoms with Crippen LogP contribution in [0.2, 0.25) is 0 Å². The maximum Gasteiger partial charge on any atom is 0.335 e. The average molecular weight is 289 g/mol. The van der Waals surface area contributed by atoms with E-state index in [0.717, 1.165) is 12.1 Å². The molecule has 5 N–H and O–H groups in total. The molecule has 0 aliphatic carbocycles. The van der Waals surface area contributed by atoms with Crippen LogP contribution in [0.4, 0.5) is 0 Å². The van der Waals surface area contributed by atoms with E-state index in [1.165, 1.54) is 0 Å². The normalized spacial score (nSPS) is 15.9. The highest BCUT2D eigenvalue weighted by Crippen LogP contribution is 2.09. The summed E-state index contributed by atoms with van der Waals surface area (Å²) >= 11 is 0. The van der Waals surface area contributed by atoms with E-state index in [0.29, 0.717) is 5.92 Å². The number of hydroxylamine groups is 1. The number of hydrogen-bond donors (Lipinski definition) is 5. The highest BCUT2D eigenvalue weighted by Gasteiger charge is 2.29. The van der Waals surface area contributed by atoms with E-state index in [9.17, 15) is 9.59 Å². The van der Waals surface area contributed by atoms with Gasteiger partial charge in [0.2, 0.25) is 0 Å². The van der Waals surface area contributed by atoms with E-state index in [4.69, 9.17) is 25.3 Å². The van der Waals surface area contributed by atoms with Gasteiger partial charge in [0.05, 0.1) is 0 Å². The van der Waals surface area contributed by atoms with E-state index in [-0.39, 0.29) is 0 Å². The molecule has 0 aromatic rings. The zero-order valence-corrected chi connectivity index (χ0v) is 11.2. The van der Waals surface area contributed by atoms with Crippen LogP contribution in [0, 0.1) is 5.92 Å². The Bertz CT molecular complexity index is 371. The molecule has 0 amide bonds. The van der Waals surface area contributed by atoms with Gasteiger partial charge >= 0.3 is 11.9 Å². The molecule has 0 radical (unpaired) electrons. The Morgan fingerprint density at radius 2 is 1.70 bits per heavy atom. The Hall–Kier alpha value is -2.06. The first kappa shape index (κ1) is 17.9. The van der Waals surface area contributed by atoms with Gasteiger partial charge < -0.3 is 25.3 Å². The molecule has 2 atom stereocenters. The van der Waals surface area contributed by atoms with Gasteiger partial charge in [-0.25, -0.2) is 15.1 Å². The maximum absolute atomic E-state index is 9.77. The standard InChI is InChI=1S/C8H13NO.C4H6O6/c1-7(2)6-8-4-3-5-10-9-8;5-1(3(7)8)2(6)4(9)10/h3-5,7,9H,6H2,1-2H3;1-2,5-6H,(H,7,8)(H,9,10). The van der Waals surface area contributed by atoms with Crippen molar-refractivity contribution < 1.29 is 34.9 Å². The average Bonchev–Trinajstić information content (AvgIpc) is 2.38. The van der Waals surface area contributed by atoms with Crippen LogP contribution in [0.25, 0.3) is 0 Å². The summed E-state index contributed by atoms with van der Waals surface area (Å²) in [5.74, 6) is -2.86. The second-order valence-electron chi connectivity index (χ2n) is 4.40. The van der Waals surface area contributed by atoms with Crippen molar-refractivity contribution in [3.63, 3.8) is 0 Å². The van der Waals surface area contributed by atoms with Crippen LogP contribution in [0.15, 0.2) is 24.1 Å². The van der Waals surface area contributed by atoms with Crippen molar-refractivity contribution in [3.05, 3.63) is 24.1 Å². The van der Waals surface area contributed by atoms with Crippen molar-refractivity contribution >= 4 is 11.9 Å². The fourth-order valence-corrected chi connectivity index (χ4v) is 1.16. The summed E-state index contributed by atoms with van der Waals surface area (Å²) in [7, 11) is 0. The smallest absolute Gasteiger partial charge is 0.335 e. The lowest BCUT2D eigenvalue weighted by molar-refractivity contribution is -0.165. The van der Waals surface area contributed by atoms with Gasteiger partial charge in [0.25, 0.3) is 0 Å². The van der Waals surface area contributed by atoms with Gasteiger partial charge in [0.15, 0.2) is 12.2 Å². The largest absolute Gasteiger partial charge is 0.479 e. The Morgan fingerprint density at radius 3 is 2.00 bits per heavy atom. The van der Waals surface area contributed by atoms with E-state index < -0.39 is 24.1 Å². The number of aliphatic carboxylic acids is 2. The first-order valence-corrected chi connectivity index (χ1v) is 5.84. The van der Waals surface area contributed by atoms with Crippen LogP contribution in [0.5, 0.6) is 0 Å². The summed E-state index contributed by atoms with van der Waals surface area (Å²) in [5, 5.41) is 32.5. The van der Waals surface area contributed by atoms with E-state index in [1.807, 2.05) is 12.2 Å². The summed E-state index contributed by atoms with van der Waals surface area (Å²) in [6, 6.07) is 0. The number of hydrogen-bond acceptors (Lipinski definition) is 6. The fourth-order valence-electron chi connectivity index (χ4n) is 1.16. The minimum Gasteiger partial charge on any atom is -0.479 e. The summed E-state index contributed by atoms with van der Waals surface area (Å²) < 4.78 is 0. The van der Waals surface area contributed by atoms with Crippen LogP contribution in [0.3, 0.4) is 0 Å². The van der Waals surface area contributed by atoms with Crippen molar-refractivity contribution in [2.75, 3.05) is 0 Å². The van der Waals surface area contributed by atoms with Gasteiger partial charge in [0, 0.05) is 5.70 Å². The quantitative estimate of drug-likeness (QED) is 0.471.